The normalized spacial score (nSPS) is 21.3. The number of thioether (sulfide) groups is 1. The van der Waals surface area contributed by atoms with Gasteiger partial charge in [0, 0.05) is 18.2 Å². The lowest BCUT2D eigenvalue weighted by Gasteiger charge is -2.18. The molecule has 3 N–H and O–H groups in total. The van der Waals surface area contributed by atoms with Gasteiger partial charge < -0.3 is 15.8 Å². The molecule has 120 valence electrons. The molecule has 0 unspecified atom stereocenters. The highest BCUT2D eigenvalue weighted by atomic mass is 32.2. The number of carbonyl (C=O) groups excluding carboxylic acids is 1. The maximum atomic E-state index is 12.5. The van der Waals surface area contributed by atoms with Crippen molar-refractivity contribution in [1.29, 1.82) is 0 Å². The lowest BCUT2D eigenvalue weighted by molar-refractivity contribution is -0.121. The van der Waals surface area contributed by atoms with Gasteiger partial charge in [-0.25, -0.2) is 0 Å². The molecule has 0 aromatic heterocycles. The van der Waals surface area contributed by atoms with E-state index in [0.717, 1.165) is 29.2 Å². The Labute approximate surface area is 140 Å². The lowest BCUT2D eigenvalue weighted by atomic mass is 10.1. The van der Waals surface area contributed by atoms with Gasteiger partial charge in [-0.3, -0.25) is 4.79 Å². The number of carbonyl (C=O) groups is 1. The van der Waals surface area contributed by atoms with E-state index in [1.165, 1.54) is 0 Å². The van der Waals surface area contributed by atoms with Gasteiger partial charge in [0.05, 0.1) is 0 Å². The zero-order valence-electron chi connectivity index (χ0n) is 12.8. The van der Waals surface area contributed by atoms with Crippen molar-refractivity contribution in [2.75, 3.05) is 12.3 Å². The van der Waals surface area contributed by atoms with Crippen molar-refractivity contribution >= 4 is 17.7 Å². The second-order valence-corrected chi connectivity index (χ2v) is 6.65. The fraction of sp³-hybridized carbons (Fsp3) is 0.278. The van der Waals surface area contributed by atoms with Crippen molar-refractivity contribution in [3.8, 4) is 11.5 Å². The Morgan fingerprint density at radius 2 is 1.87 bits per heavy atom. The quantitative estimate of drug-likeness (QED) is 0.905. The Balaban J connectivity index is 1.86. The average Bonchev–Trinajstić information content (AvgIpc) is 2.77. The van der Waals surface area contributed by atoms with Crippen molar-refractivity contribution in [2.24, 2.45) is 5.73 Å². The highest BCUT2D eigenvalue weighted by Gasteiger charge is 2.29. The number of nitrogens with two attached hydrogens (primary N) is 1. The van der Waals surface area contributed by atoms with E-state index in [1.807, 2.05) is 54.6 Å². The summed E-state index contributed by atoms with van der Waals surface area (Å²) < 4.78 is 5.99. The van der Waals surface area contributed by atoms with Crippen LogP contribution in [0.4, 0.5) is 0 Å². The number of benzene rings is 2. The highest BCUT2D eigenvalue weighted by Crippen LogP contribution is 2.38. The van der Waals surface area contributed by atoms with E-state index in [2.05, 4.69) is 5.32 Å². The summed E-state index contributed by atoms with van der Waals surface area (Å²) >= 11 is 1.64. The van der Waals surface area contributed by atoms with Crippen LogP contribution in [0.3, 0.4) is 0 Å². The second-order valence-electron chi connectivity index (χ2n) is 5.43. The first-order valence-corrected chi connectivity index (χ1v) is 8.76. The van der Waals surface area contributed by atoms with Crippen molar-refractivity contribution in [3.63, 3.8) is 0 Å². The van der Waals surface area contributed by atoms with Gasteiger partial charge in [0.2, 0.25) is 5.91 Å². The van der Waals surface area contributed by atoms with Gasteiger partial charge in [0.15, 0.2) is 0 Å². The largest absolute Gasteiger partial charge is 0.457 e. The molecule has 1 fully saturated rings. The van der Waals surface area contributed by atoms with E-state index in [0.29, 0.717) is 6.54 Å². The fourth-order valence-electron chi connectivity index (χ4n) is 2.57. The van der Waals surface area contributed by atoms with Crippen molar-refractivity contribution < 1.29 is 9.53 Å². The van der Waals surface area contributed by atoms with E-state index >= 15 is 0 Å². The topological polar surface area (TPSA) is 64.3 Å². The van der Waals surface area contributed by atoms with Gasteiger partial charge in [0.1, 0.15) is 16.7 Å². The smallest absolute Gasteiger partial charge is 0.238 e. The molecular formula is C18H20N2O2S. The summed E-state index contributed by atoms with van der Waals surface area (Å²) in [5.41, 5.74) is 6.60. The molecule has 1 heterocycles. The van der Waals surface area contributed by atoms with Crippen molar-refractivity contribution in [2.45, 2.75) is 17.7 Å². The van der Waals surface area contributed by atoms with Gasteiger partial charge in [0.25, 0.3) is 0 Å². The Hall–Kier alpha value is -1.98. The molecule has 1 aliphatic rings. The molecule has 23 heavy (non-hydrogen) atoms. The van der Waals surface area contributed by atoms with E-state index in [1.54, 1.807) is 11.8 Å². The molecule has 2 aromatic carbocycles. The molecule has 2 aromatic rings. The zero-order chi connectivity index (χ0) is 16.1. The summed E-state index contributed by atoms with van der Waals surface area (Å²) in [7, 11) is 0. The first kappa shape index (κ1) is 15.9. The molecule has 1 aliphatic heterocycles. The third kappa shape index (κ3) is 3.86. The lowest BCUT2D eigenvalue weighted by Crippen LogP contribution is -2.40. The van der Waals surface area contributed by atoms with Gasteiger partial charge >= 0.3 is 0 Å². The third-order valence-electron chi connectivity index (χ3n) is 3.79. The van der Waals surface area contributed by atoms with Crippen LogP contribution in [0, 0.1) is 0 Å². The van der Waals surface area contributed by atoms with E-state index in [-0.39, 0.29) is 17.2 Å². The SMILES string of the molecule is NC[C@@H]1CCS[C@H](c2ccccc2Oc2ccccc2)C(=O)N1. The van der Waals surface area contributed by atoms with E-state index < -0.39 is 0 Å². The summed E-state index contributed by atoms with van der Waals surface area (Å²) in [6.45, 7) is 0.473. The zero-order valence-corrected chi connectivity index (χ0v) is 13.6. The number of ether oxygens (including phenoxy) is 1. The molecule has 3 rings (SSSR count). The molecule has 0 radical (unpaired) electrons. The molecule has 2 atom stereocenters. The Morgan fingerprint density at radius 3 is 2.65 bits per heavy atom. The monoisotopic (exact) mass is 328 g/mol. The minimum Gasteiger partial charge on any atom is -0.457 e. The van der Waals surface area contributed by atoms with Crippen molar-refractivity contribution in [3.05, 3.63) is 60.2 Å². The summed E-state index contributed by atoms with van der Waals surface area (Å²) in [5.74, 6) is 2.38. The molecule has 0 aliphatic carbocycles. The summed E-state index contributed by atoms with van der Waals surface area (Å²) in [6, 6.07) is 17.4. The number of amides is 1. The maximum absolute atomic E-state index is 12.5. The number of nitrogens with one attached hydrogen (secondary N) is 1. The summed E-state index contributed by atoms with van der Waals surface area (Å²) in [6.07, 6.45) is 0.894. The minimum atomic E-state index is -0.272. The van der Waals surface area contributed by atoms with Gasteiger partial charge in [-0.05, 0) is 30.4 Å². The molecule has 0 spiro atoms. The Morgan fingerprint density at radius 1 is 1.13 bits per heavy atom. The van der Waals surface area contributed by atoms with E-state index in [4.69, 9.17) is 10.5 Å². The molecule has 0 saturated carbocycles. The van der Waals surface area contributed by atoms with Crippen LogP contribution < -0.4 is 15.8 Å². The van der Waals surface area contributed by atoms with Crippen LogP contribution in [0.2, 0.25) is 0 Å². The van der Waals surface area contributed by atoms with Crippen LogP contribution in [0.15, 0.2) is 54.6 Å². The van der Waals surface area contributed by atoms with Crippen LogP contribution in [-0.4, -0.2) is 24.2 Å². The molecule has 4 nitrogen and oxygen atoms in total. The van der Waals surface area contributed by atoms with Crippen LogP contribution in [-0.2, 0) is 4.79 Å². The number of para-hydroxylation sites is 2. The first-order chi connectivity index (χ1) is 11.3. The van der Waals surface area contributed by atoms with Crippen molar-refractivity contribution in [1.82, 2.24) is 5.32 Å². The van der Waals surface area contributed by atoms with Crippen LogP contribution in [0.25, 0.3) is 0 Å². The molecule has 5 heteroatoms. The second kappa shape index (κ2) is 7.53. The van der Waals surface area contributed by atoms with Crippen LogP contribution in [0.1, 0.15) is 17.2 Å². The minimum absolute atomic E-state index is 0.00654. The van der Waals surface area contributed by atoms with Crippen LogP contribution in [0.5, 0.6) is 11.5 Å². The number of rotatable bonds is 4. The molecular weight excluding hydrogens is 308 g/mol. The predicted octanol–water partition coefficient (Wildman–Crippen LogP) is 3.10. The molecule has 1 amide bonds. The molecule has 0 bridgehead atoms. The summed E-state index contributed by atoms with van der Waals surface area (Å²) in [5, 5.41) is 2.76. The maximum Gasteiger partial charge on any atom is 0.238 e. The predicted molar refractivity (Wildman–Crippen MR) is 93.8 cm³/mol. The fourth-order valence-corrected chi connectivity index (χ4v) is 3.82. The average molecular weight is 328 g/mol. The van der Waals surface area contributed by atoms with Gasteiger partial charge in [-0.2, -0.15) is 0 Å². The first-order valence-electron chi connectivity index (χ1n) is 7.72. The number of hydrogen-bond acceptors (Lipinski definition) is 4. The Kier molecular flexibility index (Phi) is 5.20. The summed E-state index contributed by atoms with van der Waals surface area (Å²) in [4.78, 5) is 12.5. The standard InChI is InChI=1S/C18H20N2O2S/c19-12-13-10-11-23-17(18(21)20-13)15-8-4-5-9-16(15)22-14-6-2-1-3-7-14/h1-9,13,17H,10-12,19H2,(H,20,21)/t13-,17+/m0/s1. The van der Waals surface area contributed by atoms with E-state index in [9.17, 15) is 4.79 Å². The Bertz CT molecular complexity index is 663. The van der Waals surface area contributed by atoms with Crippen LogP contribution >= 0.6 is 11.8 Å². The third-order valence-corrected chi connectivity index (χ3v) is 5.07. The van der Waals surface area contributed by atoms with Gasteiger partial charge in [-0.1, -0.05) is 36.4 Å². The van der Waals surface area contributed by atoms with Gasteiger partial charge in [-0.15, -0.1) is 11.8 Å². The highest BCUT2D eigenvalue weighted by molar-refractivity contribution is 8.00. The molecule has 1 saturated heterocycles. The number of hydrogen-bond donors (Lipinski definition) is 2.